The Morgan fingerprint density at radius 3 is 2.22 bits per heavy atom. The summed E-state index contributed by atoms with van der Waals surface area (Å²) in [4.78, 5) is 16.5. The lowest BCUT2D eigenvalue weighted by molar-refractivity contribution is -0.121. The third kappa shape index (κ3) is 4.77. The van der Waals surface area contributed by atoms with Crippen molar-refractivity contribution in [2.45, 2.75) is 51.5 Å². The van der Waals surface area contributed by atoms with E-state index in [1.165, 1.54) is 10.9 Å². The van der Waals surface area contributed by atoms with E-state index in [-0.39, 0.29) is 23.3 Å². The molecule has 0 aliphatic carbocycles. The van der Waals surface area contributed by atoms with Crippen LogP contribution >= 0.6 is 0 Å². The van der Waals surface area contributed by atoms with Gasteiger partial charge in [0.05, 0.1) is 6.04 Å². The molecule has 0 bridgehead atoms. The SMILES string of the molecule is C[C@H](NC(=O)C[C@H](c1ccc(C(C)(C)C)cc1)c1c[nH]c2ccccc12)c1ccccc1. The van der Waals surface area contributed by atoms with Gasteiger partial charge in [0.25, 0.3) is 0 Å². The zero-order valence-electron chi connectivity index (χ0n) is 19.4. The molecule has 4 aromatic rings. The lowest BCUT2D eigenvalue weighted by Crippen LogP contribution is -2.28. The van der Waals surface area contributed by atoms with Crippen LogP contribution in [-0.4, -0.2) is 10.9 Å². The normalized spacial score (nSPS) is 13.6. The average molecular weight is 425 g/mol. The highest BCUT2D eigenvalue weighted by atomic mass is 16.1. The van der Waals surface area contributed by atoms with Crippen molar-refractivity contribution in [1.29, 1.82) is 0 Å². The zero-order chi connectivity index (χ0) is 22.7. The van der Waals surface area contributed by atoms with Gasteiger partial charge in [-0.15, -0.1) is 0 Å². The van der Waals surface area contributed by atoms with E-state index in [1.54, 1.807) is 0 Å². The van der Waals surface area contributed by atoms with Crippen molar-refractivity contribution in [3.8, 4) is 0 Å². The summed E-state index contributed by atoms with van der Waals surface area (Å²) in [6, 6.07) is 27.1. The number of benzene rings is 3. The maximum absolute atomic E-state index is 13.1. The minimum Gasteiger partial charge on any atom is -0.361 e. The highest BCUT2D eigenvalue weighted by molar-refractivity contribution is 5.86. The molecule has 2 atom stereocenters. The average Bonchev–Trinajstić information content (AvgIpc) is 3.21. The van der Waals surface area contributed by atoms with Gasteiger partial charge in [-0.1, -0.05) is 93.6 Å². The van der Waals surface area contributed by atoms with Gasteiger partial charge in [-0.05, 0) is 40.7 Å². The molecule has 1 heterocycles. The number of hydrogen-bond acceptors (Lipinski definition) is 1. The Hall–Kier alpha value is -3.33. The Morgan fingerprint density at radius 2 is 1.53 bits per heavy atom. The third-order valence-electron chi connectivity index (χ3n) is 6.24. The lowest BCUT2D eigenvalue weighted by atomic mass is 9.83. The van der Waals surface area contributed by atoms with Crippen LogP contribution < -0.4 is 5.32 Å². The predicted molar refractivity (Wildman–Crippen MR) is 133 cm³/mol. The second-order valence-corrected chi connectivity index (χ2v) is 9.62. The van der Waals surface area contributed by atoms with Gasteiger partial charge in [0.15, 0.2) is 0 Å². The van der Waals surface area contributed by atoms with Crippen molar-refractivity contribution in [2.75, 3.05) is 0 Å². The van der Waals surface area contributed by atoms with Gasteiger partial charge >= 0.3 is 0 Å². The number of hydrogen-bond donors (Lipinski definition) is 2. The van der Waals surface area contributed by atoms with Gasteiger partial charge in [0.2, 0.25) is 5.91 Å². The number of aromatic nitrogens is 1. The number of para-hydroxylation sites is 1. The second-order valence-electron chi connectivity index (χ2n) is 9.62. The number of aromatic amines is 1. The van der Waals surface area contributed by atoms with Gasteiger partial charge in [-0.3, -0.25) is 4.79 Å². The Morgan fingerprint density at radius 1 is 0.875 bits per heavy atom. The molecule has 0 fully saturated rings. The maximum Gasteiger partial charge on any atom is 0.221 e. The van der Waals surface area contributed by atoms with Crippen LogP contribution in [0.3, 0.4) is 0 Å². The molecule has 3 nitrogen and oxygen atoms in total. The highest BCUT2D eigenvalue weighted by Crippen LogP contribution is 2.35. The number of carbonyl (C=O) groups excluding carboxylic acids is 1. The molecule has 0 aliphatic rings. The maximum atomic E-state index is 13.1. The first kappa shape index (κ1) is 21.9. The van der Waals surface area contributed by atoms with E-state index in [4.69, 9.17) is 0 Å². The standard InChI is InChI=1S/C29H32N2O/c1-20(21-10-6-5-7-11-21)31-28(32)18-25(22-14-16-23(17-15-22)29(2,3)4)26-19-30-27-13-9-8-12-24(26)27/h5-17,19-20,25,30H,18H2,1-4H3,(H,31,32)/t20-,25+/m0/s1. The second kappa shape index (κ2) is 9.04. The number of H-pyrrole nitrogens is 1. The van der Waals surface area contributed by atoms with Crippen molar-refractivity contribution in [3.63, 3.8) is 0 Å². The third-order valence-corrected chi connectivity index (χ3v) is 6.24. The first-order valence-corrected chi connectivity index (χ1v) is 11.3. The van der Waals surface area contributed by atoms with Crippen LogP contribution in [0.25, 0.3) is 10.9 Å². The van der Waals surface area contributed by atoms with Crippen molar-refractivity contribution in [2.24, 2.45) is 0 Å². The molecule has 1 aromatic heterocycles. The van der Waals surface area contributed by atoms with Crippen molar-refractivity contribution >= 4 is 16.8 Å². The van der Waals surface area contributed by atoms with Gasteiger partial charge in [-0.25, -0.2) is 0 Å². The highest BCUT2D eigenvalue weighted by Gasteiger charge is 2.23. The van der Waals surface area contributed by atoms with E-state index >= 15 is 0 Å². The first-order chi connectivity index (χ1) is 15.3. The number of fused-ring (bicyclic) bond motifs is 1. The monoisotopic (exact) mass is 424 g/mol. The molecule has 3 heteroatoms. The fourth-order valence-corrected chi connectivity index (χ4v) is 4.32. The summed E-state index contributed by atoms with van der Waals surface area (Å²) in [5.41, 5.74) is 5.91. The van der Waals surface area contributed by atoms with Crippen LogP contribution in [0.5, 0.6) is 0 Å². The summed E-state index contributed by atoms with van der Waals surface area (Å²) in [5, 5.41) is 4.36. The van der Waals surface area contributed by atoms with Gasteiger partial charge in [-0.2, -0.15) is 0 Å². The molecule has 2 N–H and O–H groups in total. The summed E-state index contributed by atoms with van der Waals surface area (Å²) in [7, 11) is 0. The fourth-order valence-electron chi connectivity index (χ4n) is 4.32. The molecular formula is C29H32N2O. The van der Waals surface area contributed by atoms with Crippen LogP contribution in [0, 0.1) is 0 Å². The molecule has 0 unspecified atom stereocenters. The van der Waals surface area contributed by atoms with E-state index in [1.807, 2.05) is 43.3 Å². The van der Waals surface area contributed by atoms with Crippen LogP contribution in [0.2, 0.25) is 0 Å². The largest absolute Gasteiger partial charge is 0.361 e. The Bertz CT molecular complexity index is 1180. The fraction of sp³-hybridized carbons (Fsp3) is 0.276. The molecule has 32 heavy (non-hydrogen) atoms. The number of amides is 1. The minimum atomic E-state index is -0.0319. The van der Waals surface area contributed by atoms with E-state index < -0.39 is 0 Å². The summed E-state index contributed by atoms with van der Waals surface area (Å²) < 4.78 is 0. The minimum absolute atomic E-state index is 0.0249. The van der Waals surface area contributed by atoms with Crippen LogP contribution in [0.15, 0.2) is 85.1 Å². The zero-order valence-corrected chi connectivity index (χ0v) is 19.4. The van der Waals surface area contributed by atoms with Crippen LogP contribution in [0.4, 0.5) is 0 Å². The molecule has 164 valence electrons. The van der Waals surface area contributed by atoms with Gasteiger partial charge in [0, 0.05) is 29.4 Å². The van der Waals surface area contributed by atoms with E-state index in [0.29, 0.717) is 6.42 Å². The van der Waals surface area contributed by atoms with Crippen molar-refractivity contribution < 1.29 is 4.79 Å². The van der Waals surface area contributed by atoms with Crippen molar-refractivity contribution in [1.82, 2.24) is 10.3 Å². The Balaban J connectivity index is 1.64. The molecule has 4 rings (SSSR count). The molecule has 0 radical (unpaired) electrons. The summed E-state index contributed by atoms with van der Waals surface area (Å²) in [6.07, 6.45) is 2.45. The summed E-state index contributed by atoms with van der Waals surface area (Å²) in [6.45, 7) is 8.69. The first-order valence-electron chi connectivity index (χ1n) is 11.3. The van der Waals surface area contributed by atoms with Crippen LogP contribution in [0.1, 0.15) is 68.3 Å². The number of rotatable bonds is 6. The van der Waals surface area contributed by atoms with Gasteiger partial charge < -0.3 is 10.3 Å². The Kier molecular flexibility index (Phi) is 6.18. The molecule has 0 saturated carbocycles. The van der Waals surface area contributed by atoms with Gasteiger partial charge in [0.1, 0.15) is 0 Å². The molecular weight excluding hydrogens is 392 g/mol. The summed E-state index contributed by atoms with van der Waals surface area (Å²) >= 11 is 0. The molecule has 1 amide bonds. The number of carbonyl (C=O) groups is 1. The van der Waals surface area contributed by atoms with Crippen LogP contribution in [-0.2, 0) is 10.2 Å². The Labute approximate surface area is 190 Å². The molecule has 3 aromatic carbocycles. The molecule has 0 saturated heterocycles. The quantitative estimate of drug-likeness (QED) is 0.349. The lowest BCUT2D eigenvalue weighted by Gasteiger charge is -2.22. The van der Waals surface area contributed by atoms with Crippen molar-refractivity contribution in [3.05, 3.63) is 107 Å². The molecule has 0 spiro atoms. The summed E-state index contributed by atoms with van der Waals surface area (Å²) in [5.74, 6) is 0.0275. The smallest absolute Gasteiger partial charge is 0.221 e. The molecule has 0 aliphatic heterocycles. The number of nitrogens with one attached hydrogen (secondary N) is 2. The topological polar surface area (TPSA) is 44.9 Å². The van der Waals surface area contributed by atoms with E-state index in [2.05, 4.69) is 79.7 Å². The van der Waals surface area contributed by atoms with E-state index in [0.717, 1.165) is 22.2 Å². The van der Waals surface area contributed by atoms with E-state index in [9.17, 15) is 4.79 Å². The predicted octanol–water partition coefficient (Wildman–Crippen LogP) is 6.86.